The van der Waals surface area contributed by atoms with Gasteiger partial charge >= 0.3 is 11.9 Å². The van der Waals surface area contributed by atoms with Crippen LogP contribution in [0.15, 0.2) is 41.2 Å². The van der Waals surface area contributed by atoms with E-state index in [1.54, 1.807) is 6.92 Å². The summed E-state index contributed by atoms with van der Waals surface area (Å²) in [6.07, 6.45) is -4.76. The van der Waals surface area contributed by atoms with Crippen molar-refractivity contribution in [3.63, 3.8) is 0 Å². The normalized spacial score (nSPS) is 11.4. The Morgan fingerprint density at radius 2 is 1.77 bits per heavy atom. The highest BCUT2D eigenvalue weighted by Crippen LogP contribution is 2.38. The molecule has 0 atom stereocenters. The van der Waals surface area contributed by atoms with E-state index in [1.165, 1.54) is 6.07 Å². The van der Waals surface area contributed by atoms with Crippen molar-refractivity contribution < 1.29 is 31.4 Å². The van der Waals surface area contributed by atoms with Crippen molar-refractivity contribution in [2.45, 2.75) is 19.7 Å². The third kappa shape index (κ3) is 5.07. The molecule has 1 heterocycles. The van der Waals surface area contributed by atoms with Gasteiger partial charge in [-0.25, -0.2) is 13.6 Å². The number of nitrogens with zero attached hydrogens (tertiary/aromatic N) is 1. The molecule has 0 radical (unpaired) electrons. The summed E-state index contributed by atoms with van der Waals surface area (Å²) in [7, 11) is 0. The SMILES string of the molecule is Cc1cc(OCc2cc(F)c(Oc3ccc(Cl)c(C(F)(F)F)c3)c(F)c2)nc(=O)[nH]1. The summed E-state index contributed by atoms with van der Waals surface area (Å²) in [6.45, 7) is 1.28. The fourth-order valence-electron chi connectivity index (χ4n) is 2.48. The topological polar surface area (TPSA) is 64.2 Å². The third-order valence-electron chi connectivity index (χ3n) is 3.76. The Bertz CT molecular complexity index is 1120. The maximum absolute atomic E-state index is 14.3. The highest BCUT2D eigenvalue weighted by atomic mass is 35.5. The minimum atomic E-state index is -4.76. The Kier molecular flexibility index (Phi) is 5.97. The van der Waals surface area contributed by atoms with E-state index >= 15 is 0 Å². The molecule has 0 spiro atoms. The van der Waals surface area contributed by atoms with Crippen molar-refractivity contribution in [1.29, 1.82) is 0 Å². The van der Waals surface area contributed by atoms with Gasteiger partial charge in [0.15, 0.2) is 17.4 Å². The predicted octanol–water partition coefficient (Wildman–Crippen LogP) is 5.40. The molecule has 11 heteroatoms. The smallest absolute Gasteiger partial charge is 0.417 e. The molecule has 0 bridgehead atoms. The van der Waals surface area contributed by atoms with Crippen LogP contribution >= 0.6 is 11.6 Å². The molecule has 3 rings (SSSR count). The van der Waals surface area contributed by atoms with Gasteiger partial charge in [-0.15, -0.1) is 0 Å². The zero-order valence-electron chi connectivity index (χ0n) is 15.1. The molecule has 0 unspecified atom stereocenters. The number of hydrogen-bond donors (Lipinski definition) is 1. The van der Waals surface area contributed by atoms with E-state index in [2.05, 4.69) is 9.97 Å². The fourth-order valence-corrected chi connectivity index (χ4v) is 2.70. The first-order valence-corrected chi connectivity index (χ1v) is 8.64. The van der Waals surface area contributed by atoms with Crippen molar-refractivity contribution in [2.24, 2.45) is 0 Å². The van der Waals surface area contributed by atoms with Crippen LogP contribution in [0.25, 0.3) is 0 Å². The molecular weight excluding hydrogens is 435 g/mol. The standard InChI is InChI=1S/C19H12ClF5N2O3/c1-9-4-16(27-18(28)26-9)29-8-10-5-14(21)17(15(22)6-10)30-11-2-3-13(20)12(7-11)19(23,24)25/h2-7H,8H2,1H3,(H,26,27,28). The molecule has 0 aliphatic rings. The number of aromatic amines is 1. The van der Waals surface area contributed by atoms with Crippen LogP contribution in [-0.2, 0) is 12.8 Å². The van der Waals surface area contributed by atoms with Crippen LogP contribution in [0.2, 0.25) is 5.02 Å². The van der Waals surface area contributed by atoms with E-state index in [9.17, 15) is 26.7 Å². The molecule has 0 aliphatic heterocycles. The summed E-state index contributed by atoms with van der Waals surface area (Å²) in [5.74, 6) is -3.70. The van der Waals surface area contributed by atoms with Gasteiger partial charge in [0, 0.05) is 11.8 Å². The van der Waals surface area contributed by atoms with Crippen LogP contribution in [0.3, 0.4) is 0 Å². The molecule has 0 fully saturated rings. The molecule has 3 aromatic rings. The zero-order valence-corrected chi connectivity index (χ0v) is 15.9. The molecule has 0 saturated heterocycles. The summed E-state index contributed by atoms with van der Waals surface area (Å²) in [6, 6.07) is 5.70. The number of H-pyrrole nitrogens is 1. The highest BCUT2D eigenvalue weighted by Gasteiger charge is 2.33. The molecule has 1 aromatic heterocycles. The second kappa shape index (κ2) is 8.31. The molecule has 2 aromatic carbocycles. The van der Waals surface area contributed by atoms with E-state index in [0.717, 1.165) is 24.3 Å². The van der Waals surface area contributed by atoms with Crippen LogP contribution < -0.4 is 15.2 Å². The molecule has 158 valence electrons. The van der Waals surface area contributed by atoms with Gasteiger partial charge in [0.1, 0.15) is 12.4 Å². The number of hydrogen-bond acceptors (Lipinski definition) is 4. The van der Waals surface area contributed by atoms with E-state index in [1.807, 2.05) is 0 Å². The quantitative estimate of drug-likeness (QED) is 0.533. The lowest BCUT2D eigenvalue weighted by Crippen LogP contribution is -2.13. The summed E-state index contributed by atoms with van der Waals surface area (Å²) in [4.78, 5) is 17.3. The number of alkyl halides is 3. The lowest BCUT2D eigenvalue weighted by Gasteiger charge is -2.13. The Hall–Kier alpha value is -3.14. The van der Waals surface area contributed by atoms with Gasteiger partial charge in [-0.05, 0) is 42.8 Å². The number of aryl methyl sites for hydroxylation is 1. The van der Waals surface area contributed by atoms with Gasteiger partial charge in [-0.3, -0.25) is 0 Å². The van der Waals surface area contributed by atoms with Crippen LogP contribution in [-0.4, -0.2) is 9.97 Å². The molecule has 0 amide bonds. The largest absolute Gasteiger partial charge is 0.473 e. The van der Waals surface area contributed by atoms with Crippen LogP contribution in [0.4, 0.5) is 22.0 Å². The third-order valence-corrected chi connectivity index (χ3v) is 4.09. The highest BCUT2D eigenvalue weighted by molar-refractivity contribution is 6.31. The Labute approximate surface area is 171 Å². The first kappa shape index (κ1) is 21.6. The molecule has 1 N–H and O–H groups in total. The summed E-state index contributed by atoms with van der Waals surface area (Å²) in [5, 5.41) is -0.577. The second-order valence-corrected chi connectivity index (χ2v) is 6.53. The Morgan fingerprint density at radius 3 is 2.37 bits per heavy atom. The average Bonchev–Trinajstić information content (AvgIpc) is 2.62. The van der Waals surface area contributed by atoms with E-state index in [4.69, 9.17) is 21.1 Å². The maximum atomic E-state index is 14.3. The average molecular weight is 447 g/mol. The number of halogens is 6. The first-order valence-electron chi connectivity index (χ1n) is 8.26. The monoisotopic (exact) mass is 446 g/mol. The van der Waals surface area contributed by atoms with Gasteiger partial charge in [-0.1, -0.05) is 11.6 Å². The summed E-state index contributed by atoms with van der Waals surface area (Å²) >= 11 is 5.51. The minimum Gasteiger partial charge on any atom is -0.473 e. The predicted molar refractivity (Wildman–Crippen MR) is 96.8 cm³/mol. The minimum absolute atomic E-state index is 0.0433. The number of benzene rings is 2. The van der Waals surface area contributed by atoms with Crippen molar-refractivity contribution in [3.05, 3.63) is 80.4 Å². The van der Waals surface area contributed by atoms with E-state index in [0.29, 0.717) is 11.8 Å². The summed E-state index contributed by atoms with van der Waals surface area (Å²) in [5.41, 5.74) is -1.32. The number of rotatable bonds is 5. The zero-order chi connectivity index (χ0) is 22.1. The van der Waals surface area contributed by atoms with Gasteiger partial charge in [-0.2, -0.15) is 18.2 Å². The fraction of sp³-hybridized carbons (Fsp3) is 0.158. The van der Waals surface area contributed by atoms with Gasteiger partial charge < -0.3 is 14.5 Å². The molecule has 30 heavy (non-hydrogen) atoms. The van der Waals surface area contributed by atoms with Crippen LogP contribution in [0.5, 0.6) is 17.4 Å². The Balaban J connectivity index is 1.80. The van der Waals surface area contributed by atoms with Gasteiger partial charge in [0.25, 0.3) is 0 Å². The molecule has 0 saturated carbocycles. The van der Waals surface area contributed by atoms with Gasteiger partial charge in [0.05, 0.1) is 10.6 Å². The van der Waals surface area contributed by atoms with Crippen molar-refractivity contribution in [3.8, 4) is 17.4 Å². The van der Waals surface area contributed by atoms with E-state index in [-0.39, 0.29) is 18.1 Å². The molecular formula is C19H12ClF5N2O3. The van der Waals surface area contributed by atoms with Crippen molar-refractivity contribution >= 4 is 11.6 Å². The molecule has 0 aliphatic carbocycles. The number of aromatic nitrogens is 2. The first-order chi connectivity index (χ1) is 14.0. The van der Waals surface area contributed by atoms with Crippen molar-refractivity contribution in [1.82, 2.24) is 9.97 Å². The maximum Gasteiger partial charge on any atom is 0.417 e. The lowest BCUT2D eigenvalue weighted by atomic mass is 10.2. The second-order valence-electron chi connectivity index (χ2n) is 6.13. The van der Waals surface area contributed by atoms with Crippen LogP contribution in [0, 0.1) is 18.6 Å². The van der Waals surface area contributed by atoms with E-state index < -0.39 is 45.6 Å². The lowest BCUT2D eigenvalue weighted by molar-refractivity contribution is -0.137. The Morgan fingerprint density at radius 1 is 1.10 bits per heavy atom. The number of ether oxygens (including phenoxy) is 2. The number of nitrogens with one attached hydrogen (secondary N) is 1. The van der Waals surface area contributed by atoms with Gasteiger partial charge in [0.2, 0.25) is 5.88 Å². The van der Waals surface area contributed by atoms with Crippen molar-refractivity contribution in [2.75, 3.05) is 0 Å². The molecule has 5 nitrogen and oxygen atoms in total. The van der Waals surface area contributed by atoms with Crippen LogP contribution in [0.1, 0.15) is 16.8 Å². The summed E-state index contributed by atoms with van der Waals surface area (Å²) < 4.78 is 77.6.